The molecule has 0 amide bonds. The van der Waals surface area contributed by atoms with E-state index in [9.17, 15) is 0 Å². The van der Waals surface area contributed by atoms with Crippen LogP contribution >= 0.6 is 11.6 Å². The summed E-state index contributed by atoms with van der Waals surface area (Å²) in [7, 11) is 0. The number of aryl methyl sites for hydroxylation is 1. The van der Waals surface area contributed by atoms with Crippen molar-refractivity contribution in [2.75, 3.05) is 0 Å². The topological polar surface area (TPSA) is 28.7 Å². The average molecular weight is 173 g/mol. The summed E-state index contributed by atoms with van der Waals surface area (Å²) in [5, 5.41) is 7.86. The van der Waals surface area contributed by atoms with Gasteiger partial charge in [0.05, 0.1) is 16.4 Å². The van der Waals surface area contributed by atoms with Crippen molar-refractivity contribution in [1.29, 1.82) is 0 Å². The number of halogens is 1. The third-order valence-electron chi connectivity index (χ3n) is 1.70. The van der Waals surface area contributed by atoms with Crippen LogP contribution in [-0.4, -0.2) is 10.2 Å². The van der Waals surface area contributed by atoms with Gasteiger partial charge in [0.25, 0.3) is 0 Å². The number of nitrogens with zero attached hydrogens (tertiary/aromatic N) is 1. The van der Waals surface area contributed by atoms with Crippen molar-refractivity contribution in [1.82, 2.24) is 10.2 Å². The molecule has 0 radical (unpaired) electrons. The normalized spacial score (nSPS) is 11.0. The van der Waals surface area contributed by atoms with E-state index in [1.54, 1.807) is 0 Å². The fraction of sp³-hybridized carbons (Fsp3) is 0.625. The molecule has 62 valence electrons. The Balaban J connectivity index is 3.00. The highest BCUT2D eigenvalue weighted by molar-refractivity contribution is 6.31. The molecule has 0 saturated carbocycles. The predicted octanol–water partition coefficient (Wildman–Crippen LogP) is 2.75. The predicted molar refractivity (Wildman–Crippen MR) is 47.1 cm³/mol. The zero-order chi connectivity index (χ0) is 8.43. The first-order valence-electron chi connectivity index (χ1n) is 3.89. The lowest BCUT2D eigenvalue weighted by molar-refractivity contribution is 0.808. The van der Waals surface area contributed by atoms with Gasteiger partial charge in [-0.3, -0.25) is 5.10 Å². The SMILES string of the molecule is CCc1[nH]nc(C(C)C)c1Cl. The number of rotatable bonds is 2. The molecule has 0 aromatic carbocycles. The van der Waals surface area contributed by atoms with Crippen LogP contribution in [0.4, 0.5) is 0 Å². The maximum absolute atomic E-state index is 6.03. The van der Waals surface area contributed by atoms with E-state index in [2.05, 4.69) is 31.0 Å². The Bertz CT molecular complexity index is 240. The Morgan fingerprint density at radius 2 is 2.18 bits per heavy atom. The first kappa shape index (κ1) is 8.60. The quantitative estimate of drug-likeness (QED) is 0.730. The maximum Gasteiger partial charge on any atom is 0.0849 e. The van der Waals surface area contributed by atoms with Crippen LogP contribution in [0.25, 0.3) is 0 Å². The number of aromatic amines is 1. The monoisotopic (exact) mass is 172 g/mol. The largest absolute Gasteiger partial charge is 0.281 e. The van der Waals surface area contributed by atoms with Crippen LogP contribution in [0.5, 0.6) is 0 Å². The van der Waals surface area contributed by atoms with Gasteiger partial charge in [-0.15, -0.1) is 0 Å². The van der Waals surface area contributed by atoms with Gasteiger partial charge in [-0.1, -0.05) is 32.4 Å². The van der Waals surface area contributed by atoms with Crippen LogP contribution in [-0.2, 0) is 6.42 Å². The zero-order valence-electron chi connectivity index (χ0n) is 7.11. The summed E-state index contributed by atoms with van der Waals surface area (Å²) in [5.41, 5.74) is 2.01. The minimum Gasteiger partial charge on any atom is -0.281 e. The summed E-state index contributed by atoms with van der Waals surface area (Å²) in [6, 6.07) is 0. The maximum atomic E-state index is 6.03. The molecule has 0 bridgehead atoms. The molecule has 1 aromatic rings. The molecule has 0 atom stereocenters. The Morgan fingerprint density at radius 3 is 2.45 bits per heavy atom. The molecule has 1 rings (SSSR count). The highest BCUT2D eigenvalue weighted by Gasteiger charge is 2.11. The molecule has 0 aliphatic rings. The molecule has 0 aliphatic heterocycles. The molecule has 11 heavy (non-hydrogen) atoms. The van der Waals surface area contributed by atoms with Gasteiger partial charge in [0.1, 0.15) is 0 Å². The van der Waals surface area contributed by atoms with E-state index in [1.807, 2.05) is 0 Å². The third-order valence-corrected chi connectivity index (χ3v) is 2.12. The second-order valence-electron chi connectivity index (χ2n) is 2.91. The van der Waals surface area contributed by atoms with Gasteiger partial charge in [0.15, 0.2) is 0 Å². The van der Waals surface area contributed by atoms with Gasteiger partial charge in [-0.25, -0.2) is 0 Å². The van der Waals surface area contributed by atoms with Crippen molar-refractivity contribution in [3.05, 3.63) is 16.4 Å². The lowest BCUT2D eigenvalue weighted by Gasteiger charge is -1.98. The summed E-state index contributed by atoms with van der Waals surface area (Å²) < 4.78 is 0. The number of H-pyrrole nitrogens is 1. The van der Waals surface area contributed by atoms with E-state index >= 15 is 0 Å². The summed E-state index contributed by atoms with van der Waals surface area (Å²) in [5.74, 6) is 0.402. The smallest absolute Gasteiger partial charge is 0.0849 e. The van der Waals surface area contributed by atoms with E-state index in [1.165, 1.54) is 0 Å². The van der Waals surface area contributed by atoms with Crippen LogP contribution in [0.2, 0.25) is 5.02 Å². The van der Waals surface area contributed by atoms with Crippen LogP contribution in [0.3, 0.4) is 0 Å². The molecular formula is C8H13ClN2. The molecule has 1 heterocycles. The Labute approximate surface area is 72.0 Å². The number of hydrogen-bond donors (Lipinski definition) is 1. The van der Waals surface area contributed by atoms with Crippen LogP contribution in [0, 0.1) is 0 Å². The first-order chi connectivity index (χ1) is 5.16. The van der Waals surface area contributed by atoms with Crippen molar-refractivity contribution < 1.29 is 0 Å². The van der Waals surface area contributed by atoms with Crippen LogP contribution < -0.4 is 0 Å². The zero-order valence-corrected chi connectivity index (χ0v) is 7.87. The Hall–Kier alpha value is -0.500. The fourth-order valence-electron chi connectivity index (χ4n) is 0.997. The van der Waals surface area contributed by atoms with Crippen molar-refractivity contribution in [3.8, 4) is 0 Å². The Morgan fingerprint density at radius 1 is 1.55 bits per heavy atom. The van der Waals surface area contributed by atoms with Gasteiger partial charge in [-0.2, -0.15) is 5.10 Å². The standard InChI is InChI=1S/C8H13ClN2/c1-4-6-7(9)8(5(2)3)11-10-6/h5H,4H2,1-3H3,(H,10,11). The molecule has 2 nitrogen and oxygen atoms in total. The first-order valence-corrected chi connectivity index (χ1v) is 4.27. The minimum atomic E-state index is 0.402. The molecule has 1 aromatic heterocycles. The number of hydrogen-bond acceptors (Lipinski definition) is 1. The second-order valence-corrected chi connectivity index (χ2v) is 3.29. The number of aromatic nitrogens is 2. The highest BCUT2D eigenvalue weighted by atomic mass is 35.5. The highest BCUT2D eigenvalue weighted by Crippen LogP contribution is 2.24. The van der Waals surface area contributed by atoms with Crippen molar-refractivity contribution >= 4 is 11.6 Å². The van der Waals surface area contributed by atoms with Crippen LogP contribution in [0.15, 0.2) is 0 Å². The fourth-order valence-corrected chi connectivity index (χ4v) is 1.43. The molecule has 3 heteroatoms. The van der Waals surface area contributed by atoms with Gasteiger partial charge in [0, 0.05) is 0 Å². The van der Waals surface area contributed by atoms with Crippen LogP contribution in [0.1, 0.15) is 38.1 Å². The molecule has 0 spiro atoms. The summed E-state index contributed by atoms with van der Waals surface area (Å²) in [4.78, 5) is 0. The van der Waals surface area contributed by atoms with E-state index in [0.717, 1.165) is 22.8 Å². The van der Waals surface area contributed by atoms with Crippen molar-refractivity contribution in [2.45, 2.75) is 33.1 Å². The summed E-state index contributed by atoms with van der Waals surface area (Å²) >= 11 is 6.03. The van der Waals surface area contributed by atoms with E-state index < -0.39 is 0 Å². The molecule has 0 saturated heterocycles. The summed E-state index contributed by atoms with van der Waals surface area (Å²) in [6.07, 6.45) is 0.915. The molecule has 1 N–H and O–H groups in total. The van der Waals surface area contributed by atoms with Gasteiger partial charge in [-0.05, 0) is 12.3 Å². The minimum absolute atomic E-state index is 0.402. The lowest BCUT2D eigenvalue weighted by Crippen LogP contribution is -1.87. The summed E-state index contributed by atoms with van der Waals surface area (Å²) in [6.45, 7) is 6.23. The number of nitrogens with one attached hydrogen (secondary N) is 1. The average Bonchev–Trinajstić information content (AvgIpc) is 2.30. The third kappa shape index (κ3) is 1.56. The molecule has 0 aliphatic carbocycles. The van der Waals surface area contributed by atoms with Gasteiger partial charge >= 0.3 is 0 Å². The van der Waals surface area contributed by atoms with Gasteiger partial charge < -0.3 is 0 Å². The second kappa shape index (κ2) is 3.26. The molecule has 0 unspecified atom stereocenters. The van der Waals surface area contributed by atoms with Crippen molar-refractivity contribution in [2.24, 2.45) is 0 Å². The Kier molecular flexibility index (Phi) is 2.55. The van der Waals surface area contributed by atoms with E-state index in [-0.39, 0.29) is 0 Å². The van der Waals surface area contributed by atoms with E-state index in [0.29, 0.717) is 5.92 Å². The molecule has 0 fully saturated rings. The van der Waals surface area contributed by atoms with Gasteiger partial charge in [0.2, 0.25) is 0 Å². The lowest BCUT2D eigenvalue weighted by atomic mass is 10.1. The van der Waals surface area contributed by atoms with E-state index in [4.69, 9.17) is 11.6 Å². The molecular weight excluding hydrogens is 160 g/mol. The van der Waals surface area contributed by atoms with Crippen molar-refractivity contribution in [3.63, 3.8) is 0 Å².